The summed E-state index contributed by atoms with van der Waals surface area (Å²) in [7, 11) is 0. The molecule has 136 valence electrons. The quantitative estimate of drug-likeness (QED) is 0.300. The van der Waals surface area contributed by atoms with Crippen LogP contribution in [0.1, 0.15) is 37.9 Å². The number of thioether (sulfide) groups is 1. The number of nitrogens with zero attached hydrogens (tertiary/aromatic N) is 2. The highest BCUT2D eigenvalue weighted by Crippen LogP contribution is 2.45. The highest BCUT2D eigenvalue weighted by molar-refractivity contribution is 14.0. The van der Waals surface area contributed by atoms with Gasteiger partial charge in [-0.25, -0.2) is 0 Å². The zero-order chi connectivity index (χ0) is 16.0. The number of halogens is 1. The Kier molecular flexibility index (Phi) is 8.27. The van der Waals surface area contributed by atoms with Crippen molar-refractivity contribution in [3.63, 3.8) is 0 Å². The fraction of sp³-hybridized carbons (Fsp3) is 0.722. The Hall–Kier alpha value is -0.370. The molecule has 1 aliphatic carbocycles. The van der Waals surface area contributed by atoms with Crippen LogP contribution < -0.4 is 5.32 Å². The molecular formula is C18H30IN3OS. The molecule has 2 aliphatic rings. The summed E-state index contributed by atoms with van der Waals surface area (Å²) in [6, 6.07) is 3.99. The average Bonchev–Trinajstić information content (AvgIpc) is 3.30. The average molecular weight is 463 g/mol. The van der Waals surface area contributed by atoms with Gasteiger partial charge < -0.3 is 14.6 Å². The van der Waals surface area contributed by atoms with Gasteiger partial charge in [0.2, 0.25) is 0 Å². The Bertz CT molecular complexity index is 500. The van der Waals surface area contributed by atoms with E-state index in [0.29, 0.717) is 5.41 Å². The van der Waals surface area contributed by atoms with E-state index in [1.807, 2.05) is 23.9 Å². The van der Waals surface area contributed by atoms with Crippen molar-refractivity contribution in [3.05, 3.63) is 24.2 Å². The van der Waals surface area contributed by atoms with E-state index < -0.39 is 0 Å². The minimum Gasteiger partial charge on any atom is -0.469 e. The van der Waals surface area contributed by atoms with E-state index >= 15 is 0 Å². The zero-order valence-corrected chi connectivity index (χ0v) is 17.8. The van der Waals surface area contributed by atoms with Crippen LogP contribution >= 0.6 is 35.7 Å². The molecule has 1 aromatic rings. The first kappa shape index (κ1) is 19.9. The first-order chi connectivity index (χ1) is 11.3. The lowest BCUT2D eigenvalue weighted by atomic mass is 9.86. The fourth-order valence-corrected chi connectivity index (χ4v) is 4.19. The molecule has 0 amide bonds. The number of guanidine groups is 1. The predicted octanol–water partition coefficient (Wildman–Crippen LogP) is 4.01. The summed E-state index contributed by atoms with van der Waals surface area (Å²) >= 11 is 1.86. The van der Waals surface area contributed by atoms with E-state index in [4.69, 9.17) is 9.41 Å². The van der Waals surface area contributed by atoms with Gasteiger partial charge in [-0.2, -0.15) is 11.8 Å². The predicted molar refractivity (Wildman–Crippen MR) is 114 cm³/mol. The summed E-state index contributed by atoms with van der Waals surface area (Å²) in [5.41, 5.74) is 0.586. The zero-order valence-electron chi connectivity index (χ0n) is 14.6. The monoisotopic (exact) mass is 463 g/mol. The van der Waals surface area contributed by atoms with Crippen molar-refractivity contribution < 1.29 is 4.42 Å². The molecule has 0 unspecified atom stereocenters. The Labute approximate surface area is 167 Å². The standard InChI is InChI=1S/C18H29N3OS.HI/c1-23-14-11-20-17(19-10-6-16-5-4-13-22-16)21-12-9-18(15-21)7-2-3-8-18;/h4-5,13H,2-3,6-12,14-15H2,1H3,(H,19,20);1H. The minimum absolute atomic E-state index is 0. The molecule has 1 aliphatic heterocycles. The molecule has 3 rings (SSSR count). The molecule has 1 spiro atoms. The molecule has 2 heterocycles. The van der Waals surface area contributed by atoms with Crippen molar-refractivity contribution in [3.8, 4) is 0 Å². The first-order valence-corrected chi connectivity index (χ1v) is 10.3. The van der Waals surface area contributed by atoms with Crippen LogP contribution in [-0.2, 0) is 6.42 Å². The van der Waals surface area contributed by atoms with Crippen LogP contribution in [0.15, 0.2) is 27.8 Å². The van der Waals surface area contributed by atoms with Gasteiger partial charge in [-0.15, -0.1) is 24.0 Å². The lowest BCUT2D eigenvalue weighted by Crippen LogP contribution is -2.42. The highest BCUT2D eigenvalue weighted by atomic mass is 127. The number of furan rings is 1. The summed E-state index contributed by atoms with van der Waals surface area (Å²) in [4.78, 5) is 7.34. The molecular weight excluding hydrogens is 433 g/mol. The molecule has 1 saturated heterocycles. The maximum Gasteiger partial charge on any atom is 0.193 e. The molecule has 6 heteroatoms. The van der Waals surface area contributed by atoms with Gasteiger partial charge in [0.15, 0.2) is 5.96 Å². The fourth-order valence-electron chi connectivity index (χ4n) is 3.91. The van der Waals surface area contributed by atoms with Gasteiger partial charge in [0.1, 0.15) is 5.76 Å². The van der Waals surface area contributed by atoms with Crippen LogP contribution in [-0.4, -0.2) is 49.0 Å². The molecule has 0 radical (unpaired) electrons. The van der Waals surface area contributed by atoms with Gasteiger partial charge in [0, 0.05) is 31.8 Å². The maximum atomic E-state index is 5.42. The number of rotatable bonds is 6. The number of hydrogen-bond acceptors (Lipinski definition) is 3. The van der Waals surface area contributed by atoms with Gasteiger partial charge in [-0.05, 0) is 43.1 Å². The van der Waals surface area contributed by atoms with Crippen LogP contribution in [0.2, 0.25) is 0 Å². The number of likely N-dealkylation sites (tertiary alicyclic amines) is 1. The number of nitrogens with one attached hydrogen (secondary N) is 1. The van der Waals surface area contributed by atoms with E-state index in [-0.39, 0.29) is 24.0 Å². The van der Waals surface area contributed by atoms with E-state index in [1.54, 1.807) is 6.26 Å². The third kappa shape index (κ3) is 5.31. The van der Waals surface area contributed by atoms with Crippen molar-refractivity contribution in [2.24, 2.45) is 10.4 Å². The molecule has 0 bridgehead atoms. The molecule has 1 aromatic heterocycles. The Balaban J connectivity index is 0.00000208. The smallest absolute Gasteiger partial charge is 0.193 e. The summed E-state index contributed by atoms with van der Waals surface area (Å²) in [5.74, 6) is 3.23. The topological polar surface area (TPSA) is 40.8 Å². The third-order valence-electron chi connectivity index (χ3n) is 5.19. The second kappa shape index (κ2) is 9.94. The molecule has 4 nitrogen and oxygen atoms in total. The Morgan fingerprint density at radius 3 is 2.92 bits per heavy atom. The summed E-state index contributed by atoms with van der Waals surface area (Å²) in [5, 5.41) is 3.57. The van der Waals surface area contributed by atoms with Crippen LogP contribution in [0.4, 0.5) is 0 Å². The summed E-state index contributed by atoms with van der Waals surface area (Å²) in [6.45, 7) is 4.13. The summed E-state index contributed by atoms with van der Waals surface area (Å²) < 4.78 is 5.42. The first-order valence-electron chi connectivity index (χ1n) is 8.86. The van der Waals surface area contributed by atoms with Crippen molar-refractivity contribution in [1.29, 1.82) is 0 Å². The van der Waals surface area contributed by atoms with Crippen molar-refractivity contribution >= 4 is 41.7 Å². The highest BCUT2D eigenvalue weighted by Gasteiger charge is 2.41. The second-order valence-corrected chi connectivity index (χ2v) is 7.82. The molecule has 2 fully saturated rings. The van der Waals surface area contributed by atoms with E-state index in [9.17, 15) is 0 Å². The Morgan fingerprint density at radius 1 is 1.38 bits per heavy atom. The van der Waals surface area contributed by atoms with Gasteiger partial charge >= 0.3 is 0 Å². The number of aliphatic imine (C=N–C) groups is 1. The third-order valence-corrected chi connectivity index (χ3v) is 5.78. The molecule has 1 saturated carbocycles. The van der Waals surface area contributed by atoms with Gasteiger partial charge in [0.25, 0.3) is 0 Å². The van der Waals surface area contributed by atoms with E-state index in [1.165, 1.54) is 38.6 Å². The molecule has 0 aromatic carbocycles. The van der Waals surface area contributed by atoms with E-state index in [0.717, 1.165) is 43.5 Å². The molecule has 0 atom stereocenters. The molecule has 24 heavy (non-hydrogen) atoms. The van der Waals surface area contributed by atoms with Crippen LogP contribution in [0.25, 0.3) is 0 Å². The second-order valence-electron chi connectivity index (χ2n) is 6.83. The van der Waals surface area contributed by atoms with Gasteiger partial charge in [-0.3, -0.25) is 4.99 Å². The van der Waals surface area contributed by atoms with Gasteiger partial charge in [-0.1, -0.05) is 12.8 Å². The van der Waals surface area contributed by atoms with Crippen LogP contribution in [0.3, 0.4) is 0 Å². The minimum atomic E-state index is 0. The lowest BCUT2D eigenvalue weighted by molar-refractivity contribution is 0.309. The largest absolute Gasteiger partial charge is 0.469 e. The summed E-state index contributed by atoms with van der Waals surface area (Å²) in [6.07, 6.45) is 11.8. The Morgan fingerprint density at radius 2 is 2.21 bits per heavy atom. The number of hydrogen-bond donors (Lipinski definition) is 1. The van der Waals surface area contributed by atoms with Crippen molar-refractivity contribution in [2.45, 2.75) is 38.5 Å². The van der Waals surface area contributed by atoms with Crippen molar-refractivity contribution in [1.82, 2.24) is 10.2 Å². The normalized spacial score (nSPS) is 19.7. The van der Waals surface area contributed by atoms with Crippen molar-refractivity contribution in [2.75, 3.05) is 38.2 Å². The molecule has 1 N–H and O–H groups in total. The van der Waals surface area contributed by atoms with Crippen LogP contribution in [0.5, 0.6) is 0 Å². The SMILES string of the molecule is CSCCN=C(NCCc1ccco1)N1CCC2(CCCC2)C1.I. The lowest BCUT2D eigenvalue weighted by Gasteiger charge is -2.26. The maximum absolute atomic E-state index is 5.42. The van der Waals surface area contributed by atoms with Gasteiger partial charge in [0.05, 0.1) is 12.8 Å². The van der Waals surface area contributed by atoms with E-state index in [2.05, 4.69) is 16.5 Å². The van der Waals surface area contributed by atoms with Crippen LogP contribution in [0, 0.1) is 5.41 Å².